The third-order valence-electron chi connectivity index (χ3n) is 4.38. The summed E-state index contributed by atoms with van der Waals surface area (Å²) < 4.78 is 5.71. The summed E-state index contributed by atoms with van der Waals surface area (Å²) in [5.41, 5.74) is 0. The van der Waals surface area contributed by atoms with Gasteiger partial charge in [0.05, 0.1) is 6.54 Å². The predicted octanol–water partition coefficient (Wildman–Crippen LogP) is 2.97. The summed E-state index contributed by atoms with van der Waals surface area (Å²) in [6.07, 6.45) is 3.90. The Balaban J connectivity index is 1.69. The van der Waals surface area contributed by atoms with Gasteiger partial charge < -0.3 is 19.9 Å². The monoisotopic (exact) mass is 333 g/mol. The lowest BCUT2D eigenvalue weighted by Gasteiger charge is -2.29. The molecule has 1 aliphatic rings. The Bertz CT molecular complexity index is 473. The molecule has 134 valence electrons. The number of ether oxygens (including phenoxy) is 1. The van der Waals surface area contributed by atoms with Crippen LogP contribution >= 0.6 is 0 Å². The van der Waals surface area contributed by atoms with Gasteiger partial charge in [-0.3, -0.25) is 0 Å². The molecular weight excluding hydrogens is 302 g/mol. The van der Waals surface area contributed by atoms with Gasteiger partial charge in [0, 0.05) is 19.1 Å². The molecule has 1 heterocycles. The largest absolute Gasteiger partial charge is 0.492 e. The van der Waals surface area contributed by atoms with E-state index >= 15 is 0 Å². The third kappa shape index (κ3) is 6.40. The van der Waals surface area contributed by atoms with Crippen molar-refractivity contribution in [3.63, 3.8) is 0 Å². The van der Waals surface area contributed by atoms with Crippen molar-refractivity contribution in [1.29, 1.82) is 0 Å². The molecule has 2 rings (SSSR count). The first-order valence-electron chi connectivity index (χ1n) is 9.11. The van der Waals surface area contributed by atoms with Crippen molar-refractivity contribution in [3.05, 3.63) is 30.3 Å². The second-order valence-electron chi connectivity index (χ2n) is 6.58. The van der Waals surface area contributed by atoms with Crippen molar-refractivity contribution in [3.8, 4) is 5.75 Å². The summed E-state index contributed by atoms with van der Waals surface area (Å²) in [5.74, 6) is 0.840. The number of amides is 2. The number of carbonyl (C=O) groups excluding carboxylic acids is 1. The van der Waals surface area contributed by atoms with E-state index in [2.05, 4.69) is 10.2 Å². The minimum atomic E-state index is -0.00123. The first-order chi connectivity index (χ1) is 11.7. The molecule has 2 amide bonds. The standard InChI is InChI=1S/C19H31N3O2/c1-17(2)22(15-16-24-18-9-5-3-6-10-18)19(23)20-11-14-21-12-7-4-8-13-21/h3,5-6,9-10,17H,4,7-8,11-16H2,1-2H3,(H,20,23). The Hall–Kier alpha value is -1.75. The molecule has 0 aliphatic carbocycles. The fraction of sp³-hybridized carbons (Fsp3) is 0.632. The van der Waals surface area contributed by atoms with Gasteiger partial charge in [-0.15, -0.1) is 0 Å². The highest BCUT2D eigenvalue weighted by Crippen LogP contribution is 2.09. The molecule has 1 aromatic rings. The summed E-state index contributed by atoms with van der Waals surface area (Å²) in [7, 11) is 0. The Morgan fingerprint density at radius 1 is 1.21 bits per heavy atom. The quantitative estimate of drug-likeness (QED) is 0.795. The van der Waals surface area contributed by atoms with Crippen molar-refractivity contribution in [1.82, 2.24) is 15.1 Å². The van der Waals surface area contributed by atoms with Crippen molar-refractivity contribution in [2.45, 2.75) is 39.2 Å². The van der Waals surface area contributed by atoms with Gasteiger partial charge in [-0.05, 0) is 51.9 Å². The Morgan fingerprint density at radius 3 is 2.58 bits per heavy atom. The van der Waals surface area contributed by atoms with Crippen LogP contribution in [0.1, 0.15) is 33.1 Å². The third-order valence-corrected chi connectivity index (χ3v) is 4.38. The number of urea groups is 1. The van der Waals surface area contributed by atoms with E-state index in [1.54, 1.807) is 0 Å². The number of hydrogen-bond acceptors (Lipinski definition) is 3. The highest BCUT2D eigenvalue weighted by molar-refractivity contribution is 5.74. The second kappa shape index (κ2) is 10.2. The maximum Gasteiger partial charge on any atom is 0.317 e. The van der Waals surface area contributed by atoms with E-state index in [0.29, 0.717) is 19.7 Å². The van der Waals surface area contributed by atoms with E-state index in [1.165, 1.54) is 19.3 Å². The number of para-hydroxylation sites is 1. The maximum atomic E-state index is 12.4. The van der Waals surface area contributed by atoms with E-state index in [4.69, 9.17) is 4.74 Å². The van der Waals surface area contributed by atoms with Crippen LogP contribution < -0.4 is 10.1 Å². The van der Waals surface area contributed by atoms with Crippen molar-refractivity contribution in [2.24, 2.45) is 0 Å². The molecule has 0 atom stereocenters. The molecule has 0 saturated carbocycles. The van der Waals surface area contributed by atoms with Crippen LogP contribution in [0, 0.1) is 0 Å². The van der Waals surface area contributed by atoms with Crippen LogP contribution in [0.2, 0.25) is 0 Å². The number of hydrogen-bond donors (Lipinski definition) is 1. The van der Waals surface area contributed by atoms with Crippen molar-refractivity contribution >= 4 is 6.03 Å². The lowest BCUT2D eigenvalue weighted by molar-refractivity contribution is 0.163. The first-order valence-corrected chi connectivity index (χ1v) is 9.11. The molecule has 1 aliphatic heterocycles. The van der Waals surface area contributed by atoms with E-state index in [0.717, 1.165) is 25.4 Å². The summed E-state index contributed by atoms with van der Waals surface area (Å²) in [4.78, 5) is 16.7. The Labute approximate surface area is 146 Å². The molecule has 24 heavy (non-hydrogen) atoms. The average Bonchev–Trinajstić information content (AvgIpc) is 2.60. The highest BCUT2D eigenvalue weighted by atomic mass is 16.5. The van der Waals surface area contributed by atoms with E-state index < -0.39 is 0 Å². The summed E-state index contributed by atoms with van der Waals surface area (Å²) >= 11 is 0. The van der Waals surface area contributed by atoms with Crippen LogP contribution in [0.4, 0.5) is 4.79 Å². The molecule has 1 saturated heterocycles. The molecule has 0 unspecified atom stereocenters. The van der Waals surface area contributed by atoms with Gasteiger partial charge in [0.1, 0.15) is 12.4 Å². The molecule has 0 aromatic heterocycles. The molecule has 0 spiro atoms. The fourth-order valence-corrected chi connectivity index (χ4v) is 2.98. The first kappa shape index (κ1) is 18.6. The van der Waals surface area contributed by atoms with Gasteiger partial charge in [-0.2, -0.15) is 0 Å². The van der Waals surface area contributed by atoms with Crippen molar-refractivity contribution in [2.75, 3.05) is 39.3 Å². The van der Waals surface area contributed by atoms with Crippen LogP contribution in [-0.2, 0) is 0 Å². The summed E-state index contributed by atoms with van der Waals surface area (Å²) in [6.45, 7) is 9.13. The van der Waals surface area contributed by atoms with Gasteiger partial charge in [-0.25, -0.2) is 4.79 Å². The number of likely N-dealkylation sites (tertiary alicyclic amines) is 1. The minimum absolute atomic E-state index is 0.00123. The zero-order valence-electron chi connectivity index (χ0n) is 15.0. The number of nitrogens with zero attached hydrogens (tertiary/aromatic N) is 2. The van der Waals surface area contributed by atoms with Crippen LogP contribution in [0.25, 0.3) is 0 Å². The highest BCUT2D eigenvalue weighted by Gasteiger charge is 2.17. The van der Waals surface area contributed by atoms with Gasteiger partial charge in [0.25, 0.3) is 0 Å². The topological polar surface area (TPSA) is 44.8 Å². The lowest BCUT2D eigenvalue weighted by Crippen LogP contribution is -2.47. The van der Waals surface area contributed by atoms with E-state index in [-0.39, 0.29) is 12.1 Å². The molecule has 1 aromatic carbocycles. The van der Waals surface area contributed by atoms with Gasteiger partial charge in [0.15, 0.2) is 0 Å². The molecular formula is C19H31N3O2. The number of carbonyl (C=O) groups is 1. The number of rotatable bonds is 8. The minimum Gasteiger partial charge on any atom is -0.492 e. The Kier molecular flexibility index (Phi) is 7.89. The van der Waals surface area contributed by atoms with Crippen LogP contribution in [0.5, 0.6) is 5.75 Å². The molecule has 0 bridgehead atoms. The molecule has 1 fully saturated rings. The van der Waals surface area contributed by atoms with Gasteiger partial charge in [0.2, 0.25) is 0 Å². The molecule has 1 N–H and O–H groups in total. The number of nitrogens with one attached hydrogen (secondary N) is 1. The lowest BCUT2D eigenvalue weighted by atomic mass is 10.1. The Morgan fingerprint density at radius 2 is 1.92 bits per heavy atom. The van der Waals surface area contributed by atoms with Crippen molar-refractivity contribution < 1.29 is 9.53 Å². The SMILES string of the molecule is CC(C)N(CCOc1ccccc1)C(=O)NCCN1CCCCC1. The van der Waals surface area contributed by atoms with Crippen LogP contribution in [0.3, 0.4) is 0 Å². The zero-order chi connectivity index (χ0) is 17.2. The fourth-order valence-electron chi connectivity index (χ4n) is 2.98. The predicted molar refractivity (Wildman–Crippen MR) is 97.5 cm³/mol. The average molecular weight is 333 g/mol. The molecule has 5 nitrogen and oxygen atoms in total. The van der Waals surface area contributed by atoms with E-state index in [9.17, 15) is 4.79 Å². The van der Waals surface area contributed by atoms with Gasteiger partial charge in [-0.1, -0.05) is 24.6 Å². The number of benzene rings is 1. The van der Waals surface area contributed by atoms with Crippen LogP contribution in [0.15, 0.2) is 30.3 Å². The second-order valence-corrected chi connectivity index (χ2v) is 6.58. The van der Waals surface area contributed by atoms with E-state index in [1.807, 2.05) is 49.1 Å². The summed E-state index contributed by atoms with van der Waals surface area (Å²) in [6, 6.07) is 9.86. The zero-order valence-corrected chi connectivity index (χ0v) is 15.0. The normalized spacial score (nSPS) is 15.3. The number of piperidine rings is 1. The molecule has 5 heteroatoms. The maximum absolute atomic E-state index is 12.4. The van der Waals surface area contributed by atoms with Gasteiger partial charge >= 0.3 is 6.03 Å². The summed E-state index contributed by atoms with van der Waals surface area (Å²) in [5, 5.41) is 3.05. The molecule has 0 radical (unpaired) electrons. The van der Waals surface area contributed by atoms with Crippen LogP contribution in [-0.4, -0.2) is 61.2 Å². The smallest absolute Gasteiger partial charge is 0.317 e.